The first-order valence-corrected chi connectivity index (χ1v) is 8.15. The zero-order valence-corrected chi connectivity index (χ0v) is 12.0. The number of benzene rings is 1. The zero-order valence-electron chi connectivity index (χ0n) is 11.2. The molecule has 20 heavy (non-hydrogen) atoms. The van der Waals surface area contributed by atoms with Crippen LogP contribution in [0.1, 0.15) is 25.3 Å². The number of rotatable bonds is 3. The van der Waals surface area contributed by atoms with Crippen LogP contribution in [-0.4, -0.2) is 31.7 Å². The summed E-state index contributed by atoms with van der Waals surface area (Å²) in [6.07, 6.45) is 1.32. The normalized spacial score (nSPS) is 18.9. The minimum absolute atomic E-state index is 0.156. The molecule has 0 aliphatic carbocycles. The molecule has 0 saturated carbocycles. The van der Waals surface area contributed by atoms with E-state index in [2.05, 4.69) is 5.32 Å². The van der Waals surface area contributed by atoms with Gasteiger partial charge in [0.15, 0.2) is 0 Å². The second kappa shape index (κ2) is 4.63. The smallest absolute Gasteiger partial charge is 0.265 e. The molecule has 0 unspecified atom stereocenters. The van der Waals surface area contributed by atoms with Gasteiger partial charge < -0.3 is 5.32 Å². The second-order valence-corrected chi connectivity index (χ2v) is 6.74. The molecule has 0 spiro atoms. The van der Waals surface area contributed by atoms with Crippen molar-refractivity contribution >= 4 is 21.6 Å². The average Bonchev–Trinajstić information content (AvgIpc) is 2.97. The number of fused-ring (bicyclic) bond motifs is 3. The fraction of sp³-hybridized carbons (Fsp3) is 0.357. The van der Waals surface area contributed by atoms with Crippen LogP contribution in [-0.2, 0) is 14.8 Å². The van der Waals surface area contributed by atoms with Gasteiger partial charge in [0.05, 0.1) is 10.6 Å². The number of nitrogens with zero attached hydrogens (tertiary/aromatic N) is 1. The van der Waals surface area contributed by atoms with Crippen molar-refractivity contribution in [1.29, 1.82) is 0 Å². The lowest BCUT2D eigenvalue weighted by Gasteiger charge is -2.12. The summed E-state index contributed by atoms with van der Waals surface area (Å²) in [6, 6.07) is 6.86. The molecule has 1 amide bonds. The lowest BCUT2D eigenvalue weighted by atomic mass is 10.1. The molecule has 0 saturated heterocycles. The molecular weight excluding hydrogens is 276 g/mol. The Hall–Kier alpha value is -1.82. The van der Waals surface area contributed by atoms with Gasteiger partial charge in [-0.3, -0.25) is 9.10 Å². The Morgan fingerprint density at radius 2 is 2.10 bits per heavy atom. The Morgan fingerprint density at radius 3 is 2.85 bits per heavy atom. The molecule has 106 valence electrons. The van der Waals surface area contributed by atoms with Gasteiger partial charge in [-0.25, -0.2) is 8.42 Å². The van der Waals surface area contributed by atoms with Crippen molar-refractivity contribution < 1.29 is 13.2 Å². The van der Waals surface area contributed by atoms with Gasteiger partial charge in [-0.05, 0) is 18.9 Å². The van der Waals surface area contributed by atoms with E-state index < -0.39 is 10.0 Å². The summed E-state index contributed by atoms with van der Waals surface area (Å²) in [5, 5.41) is 2.83. The topological polar surface area (TPSA) is 66.5 Å². The molecule has 0 bridgehead atoms. The summed E-state index contributed by atoms with van der Waals surface area (Å²) in [4.78, 5) is 12.5. The molecule has 1 aromatic rings. The fourth-order valence-electron chi connectivity index (χ4n) is 2.70. The Labute approximate surface area is 118 Å². The van der Waals surface area contributed by atoms with Gasteiger partial charge in [0.25, 0.3) is 10.0 Å². The third-order valence-electron chi connectivity index (χ3n) is 3.62. The van der Waals surface area contributed by atoms with Crippen molar-refractivity contribution in [2.45, 2.75) is 24.7 Å². The van der Waals surface area contributed by atoms with Crippen molar-refractivity contribution in [3.8, 4) is 0 Å². The number of amides is 1. The third kappa shape index (κ3) is 1.75. The number of hydrogen-bond acceptors (Lipinski definition) is 3. The van der Waals surface area contributed by atoms with Crippen LogP contribution >= 0.6 is 0 Å². The number of sulfonamides is 1. The van der Waals surface area contributed by atoms with Gasteiger partial charge in [-0.2, -0.15) is 0 Å². The zero-order chi connectivity index (χ0) is 14.3. The minimum Gasteiger partial charge on any atom is -0.352 e. The quantitative estimate of drug-likeness (QED) is 0.914. The van der Waals surface area contributed by atoms with Crippen LogP contribution in [0.25, 0.3) is 5.70 Å². The van der Waals surface area contributed by atoms with Gasteiger partial charge in [0.2, 0.25) is 5.91 Å². The Bertz CT molecular complexity index is 707. The standard InChI is InChI=1S/C14H16N2O3S/c1-2-8-15-14(17)11-7-9-16-13(11)10-5-3-4-6-12(10)20(16,18)19/h3-6H,2,7-9H2,1H3,(H,15,17). The van der Waals surface area contributed by atoms with Crippen LogP contribution in [0.3, 0.4) is 0 Å². The molecule has 2 heterocycles. The summed E-state index contributed by atoms with van der Waals surface area (Å²) < 4.78 is 26.2. The first-order chi connectivity index (χ1) is 9.57. The van der Waals surface area contributed by atoms with Crippen molar-refractivity contribution in [1.82, 2.24) is 9.62 Å². The van der Waals surface area contributed by atoms with E-state index in [-0.39, 0.29) is 5.91 Å². The Morgan fingerprint density at radius 1 is 1.35 bits per heavy atom. The molecular formula is C14H16N2O3S. The van der Waals surface area contributed by atoms with Crippen LogP contribution in [0.4, 0.5) is 0 Å². The minimum atomic E-state index is -3.47. The monoisotopic (exact) mass is 292 g/mol. The van der Waals surface area contributed by atoms with Gasteiger partial charge in [-0.15, -0.1) is 0 Å². The summed E-state index contributed by atoms with van der Waals surface area (Å²) >= 11 is 0. The largest absolute Gasteiger partial charge is 0.352 e. The van der Waals surface area contributed by atoms with Crippen LogP contribution in [0.2, 0.25) is 0 Å². The van der Waals surface area contributed by atoms with Gasteiger partial charge in [0.1, 0.15) is 0 Å². The molecule has 0 atom stereocenters. The van der Waals surface area contributed by atoms with E-state index >= 15 is 0 Å². The van der Waals surface area contributed by atoms with Crippen LogP contribution in [0.15, 0.2) is 34.7 Å². The molecule has 5 nitrogen and oxygen atoms in total. The van der Waals surface area contributed by atoms with Gasteiger partial charge >= 0.3 is 0 Å². The van der Waals surface area contributed by atoms with E-state index in [0.29, 0.717) is 41.2 Å². The number of hydrogen-bond donors (Lipinski definition) is 1. The predicted octanol–water partition coefficient (Wildman–Crippen LogP) is 1.33. The average molecular weight is 292 g/mol. The summed E-state index contributed by atoms with van der Waals surface area (Å²) in [5.41, 5.74) is 1.79. The van der Waals surface area contributed by atoms with Gasteiger partial charge in [0, 0.05) is 24.2 Å². The van der Waals surface area contributed by atoms with Crippen LogP contribution in [0, 0.1) is 0 Å². The predicted molar refractivity (Wildman–Crippen MR) is 75.2 cm³/mol. The van der Waals surface area contributed by atoms with Crippen molar-refractivity contribution in [2.24, 2.45) is 0 Å². The van der Waals surface area contributed by atoms with E-state index in [9.17, 15) is 13.2 Å². The number of carbonyl (C=O) groups excluding carboxylic acids is 1. The Balaban J connectivity index is 2.11. The van der Waals surface area contributed by atoms with Crippen LogP contribution < -0.4 is 5.32 Å². The molecule has 6 heteroatoms. The number of nitrogens with one attached hydrogen (secondary N) is 1. The van der Waals surface area contributed by atoms with Crippen LogP contribution in [0.5, 0.6) is 0 Å². The van der Waals surface area contributed by atoms with E-state index in [1.807, 2.05) is 6.92 Å². The maximum absolute atomic E-state index is 12.4. The lowest BCUT2D eigenvalue weighted by Crippen LogP contribution is -2.25. The molecule has 1 aromatic carbocycles. The highest BCUT2D eigenvalue weighted by Crippen LogP contribution is 2.44. The molecule has 0 radical (unpaired) electrons. The fourth-order valence-corrected chi connectivity index (χ4v) is 4.41. The maximum atomic E-state index is 12.4. The summed E-state index contributed by atoms with van der Waals surface area (Å²) in [5.74, 6) is -0.156. The van der Waals surface area contributed by atoms with Crippen molar-refractivity contribution in [3.63, 3.8) is 0 Å². The van der Waals surface area contributed by atoms with Gasteiger partial charge in [-0.1, -0.05) is 25.1 Å². The first-order valence-electron chi connectivity index (χ1n) is 6.71. The van der Waals surface area contributed by atoms with Crippen molar-refractivity contribution in [3.05, 3.63) is 35.4 Å². The number of carbonyl (C=O) groups is 1. The highest BCUT2D eigenvalue weighted by atomic mass is 32.2. The summed E-state index contributed by atoms with van der Waals surface area (Å²) in [7, 11) is -3.47. The lowest BCUT2D eigenvalue weighted by molar-refractivity contribution is -0.117. The van der Waals surface area contributed by atoms with E-state index in [0.717, 1.165) is 6.42 Å². The van der Waals surface area contributed by atoms with Crippen molar-refractivity contribution in [2.75, 3.05) is 13.1 Å². The molecule has 0 fully saturated rings. The molecule has 2 aliphatic rings. The maximum Gasteiger partial charge on any atom is 0.265 e. The van der Waals surface area contributed by atoms with E-state index in [4.69, 9.17) is 0 Å². The molecule has 1 N–H and O–H groups in total. The highest BCUT2D eigenvalue weighted by molar-refractivity contribution is 7.90. The van der Waals surface area contributed by atoms with E-state index in [1.165, 1.54) is 4.31 Å². The Kier molecular flexibility index (Phi) is 3.05. The molecule has 2 aliphatic heterocycles. The second-order valence-electron chi connectivity index (χ2n) is 4.91. The molecule has 3 rings (SSSR count). The highest BCUT2D eigenvalue weighted by Gasteiger charge is 2.43. The molecule has 0 aromatic heterocycles. The SMILES string of the molecule is CCCNC(=O)C1=C2c3ccccc3S(=O)(=O)N2CC1. The van der Waals surface area contributed by atoms with E-state index in [1.54, 1.807) is 24.3 Å². The third-order valence-corrected chi connectivity index (χ3v) is 5.48. The first kappa shape index (κ1) is 13.2. The summed E-state index contributed by atoms with van der Waals surface area (Å²) in [6.45, 7) is 2.93.